The van der Waals surface area contributed by atoms with Gasteiger partial charge >= 0.3 is 0 Å². The van der Waals surface area contributed by atoms with Gasteiger partial charge in [0.05, 0.1) is 12.6 Å². The summed E-state index contributed by atoms with van der Waals surface area (Å²) in [6.45, 7) is 4.88. The minimum atomic E-state index is 0.463. The lowest BCUT2D eigenvalue weighted by molar-refractivity contribution is 0.229. The van der Waals surface area contributed by atoms with Gasteiger partial charge < -0.3 is 15.0 Å². The van der Waals surface area contributed by atoms with E-state index in [0.717, 1.165) is 65.7 Å². The SMILES string of the molecule is COc1ccc(CN2C[C@H]3C[C@@H]2CN3c2ccc(-c3nc(Nc4cc(C)[nH]n4)c4ccccc4n3)cn2)cn1. The van der Waals surface area contributed by atoms with Crippen molar-refractivity contribution in [3.63, 3.8) is 0 Å². The second-order valence-corrected chi connectivity index (χ2v) is 10.2. The Morgan fingerprint density at radius 2 is 1.92 bits per heavy atom. The summed E-state index contributed by atoms with van der Waals surface area (Å²) in [5.74, 6) is 3.72. The van der Waals surface area contributed by atoms with Crippen LogP contribution in [0.3, 0.4) is 0 Å². The third-order valence-electron chi connectivity index (χ3n) is 7.60. The zero-order valence-electron chi connectivity index (χ0n) is 21.9. The van der Waals surface area contributed by atoms with Crippen molar-refractivity contribution in [3.8, 4) is 17.3 Å². The number of para-hydroxylation sites is 1. The molecule has 0 spiro atoms. The number of rotatable bonds is 7. The molecule has 2 atom stereocenters. The van der Waals surface area contributed by atoms with Crippen molar-refractivity contribution in [2.75, 3.05) is 30.4 Å². The maximum atomic E-state index is 5.18. The maximum Gasteiger partial charge on any atom is 0.212 e. The lowest BCUT2D eigenvalue weighted by atomic mass is 10.2. The van der Waals surface area contributed by atoms with Crippen LogP contribution in [-0.4, -0.2) is 67.3 Å². The van der Waals surface area contributed by atoms with Crippen molar-refractivity contribution in [2.24, 2.45) is 0 Å². The fourth-order valence-electron chi connectivity index (χ4n) is 5.68. The van der Waals surface area contributed by atoms with Gasteiger partial charge in [-0.25, -0.2) is 19.9 Å². The van der Waals surface area contributed by atoms with Gasteiger partial charge in [-0.15, -0.1) is 0 Å². The summed E-state index contributed by atoms with van der Waals surface area (Å²) in [5, 5.41) is 11.6. The number of nitrogens with zero attached hydrogens (tertiary/aromatic N) is 7. The van der Waals surface area contributed by atoms with Gasteiger partial charge in [-0.05, 0) is 43.2 Å². The lowest BCUT2D eigenvalue weighted by Gasteiger charge is -2.35. The molecule has 0 radical (unpaired) electrons. The van der Waals surface area contributed by atoms with E-state index in [1.807, 2.05) is 55.7 Å². The van der Waals surface area contributed by atoms with Crippen LogP contribution in [0.5, 0.6) is 5.88 Å². The highest BCUT2D eigenvalue weighted by atomic mass is 16.5. The minimum absolute atomic E-state index is 0.463. The Bertz CT molecular complexity index is 1620. The van der Waals surface area contributed by atoms with Crippen LogP contribution < -0.4 is 15.0 Å². The van der Waals surface area contributed by atoms with E-state index in [2.05, 4.69) is 48.5 Å². The van der Waals surface area contributed by atoms with Crippen LogP contribution in [0.25, 0.3) is 22.3 Å². The molecule has 2 saturated heterocycles. The normalized spacial score (nSPS) is 18.7. The summed E-state index contributed by atoms with van der Waals surface area (Å²) in [7, 11) is 1.64. The maximum absolute atomic E-state index is 5.18. The first-order chi connectivity index (χ1) is 19.1. The highest BCUT2D eigenvalue weighted by Gasteiger charge is 2.43. The predicted octanol–water partition coefficient (Wildman–Crippen LogP) is 4.33. The average Bonchev–Trinajstić information content (AvgIpc) is 3.69. The number of piperazine rings is 1. The molecule has 5 aromatic rings. The number of aromatic amines is 1. The first kappa shape index (κ1) is 23.5. The second-order valence-electron chi connectivity index (χ2n) is 10.2. The first-order valence-electron chi connectivity index (χ1n) is 13.1. The summed E-state index contributed by atoms with van der Waals surface area (Å²) in [5.41, 5.74) is 3.94. The molecule has 0 aliphatic carbocycles. The van der Waals surface area contributed by atoms with Crippen LogP contribution in [0, 0.1) is 6.92 Å². The van der Waals surface area contributed by atoms with Crippen molar-refractivity contribution in [1.29, 1.82) is 0 Å². The van der Waals surface area contributed by atoms with Crippen LogP contribution in [-0.2, 0) is 6.54 Å². The van der Waals surface area contributed by atoms with E-state index in [4.69, 9.17) is 19.7 Å². The second kappa shape index (κ2) is 9.63. The molecule has 10 heteroatoms. The molecule has 10 nitrogen and oxygen atoms in total. The van der Waals surface area contributed by atoms with Crippen LogP contribution in [0.1, 0.15) is 17.7 Å². The van der Waals surface area contributed by atoms with Gasteiger partial charge in [0.25, 0.3) is 0 Å². The van der Waals surface area contributed by atoms with Gasteiger partial charge in [0.2, 0.25) is 5.88 Å². The van der Waals surface area contributed by atoms with Crippen molar-refractivity contribution in [3.05, 3.63) is 78.2 Å². The van der Waals surface area contributed by atoms with E-state index in [9.17, 15) is 0 Å². The summed E-state index contributed by atoms with van der Waals surface area (Å²) in [4.78, 5) is 23.9. The molecule has 2 bridgehead atoms. The Balaban J connectivity index is 1.08. The third-order valence-corrected chi connectivity index (χ3v) is 7.60. The monoisotopic (exact) mass is 519 g/mol. The number of ether oxygens (including phenoxy) is 1. The Morgan fingerprint density at radius 1 is 1.00 bits per heavy atom. The zero-order valence-corrected chi connectivity index (χ0v) is 21.9. The van der Waals surface area contributed by atoms with E-state index in [-0.39, 0.29) is 0 Å². The Labute approximate surface area is 226 Å². The molecule has 1 aromatic carbocycles. The van der Waals surface area contributed by atoms with Crippen molar-refractivity contribution < 1.29 is 4.74 Å². The summed E-state index contributed by atoms with van der Waals surface area (Å²) in [6, 6.07) is 19.1. The number of methoxy groups -OCH3 is 1. The molecular formula is C29H29N9O. The number of aromatic nitrogens is 6. The van der Waals surface area contributed by atoms with Crippen LogP contribution in [0.4, 0.5) is 17.5 Å². The van der Waals surface area contributed by atoms with Crippen LogP contribution in [0.2, 0.25) is 0 Å². The van der Waals surface area contributed by atoms with Gasteiger partial charge in [0.15, 0.2) is 11.6 Å². The van der Waals surface area contributed by atoms with Gasteiger partial charge in [-0.3, -0.25) is 10.00 Å². The van der Waals surface area contributed by atoms with E-state index < -0.39 is 0 Å². The van der Waals surface area contributed by atoms with Crippen LogP contribution in [0.15, 0.2) is 67.0 Å². The van der Waals surface area contributed by atoms with Gasteiger partial charge in [0.1, 0.15) is 11.6 Å². The summed E-state index contributed by atoms with van der Waals surface area (Å²) >= 11 is 0. The molecule has 196 valence electrons. The van der Waals surface area contributed by atoms with Crippen molar-refractivity contribution in [2.45, 2.75) is 32.0 Å². The molecule has 7 rings (SSSR count). The first-order valence-corrected chi connectivity index (χ1v) is 13.1. The molecule has 39 heavy (non-hydrogen) atoms. The lowest BCUT2D eigenvalue weighted by Crippen LogP contribution is -2.46. The zero-order chi connectivity index (χ0) is 26.3. The Kier molecular flexibility index (Phi) is 5.81. The fraction of sp³-hybridized carbons (Fsp3) is 0.276. The van der Waals surface area contributed by atoms with E-state index in [1.165, 1.54) is 5.56 Å². The molecule has 4 aromatic heterocycles. The highest BCUT2D eigenvalue weighted by Crippen LogP contribution is 2.35. The number of benzene rings is 1. The van der Waals surface area contributed by atoms with Crippen molar-refractivity contribution >= 4 is 28.4 Å². The summed E-state index contributed by atoms with van der Waals surface area (Å²) in [6.07, 6.45) is 4.95. The average molecular weight is 520 g/mol. The molecular weight excluding hydrogens is 490 g/mol. The van der Waals surface area contributed by atoms with E-state index in [1.54, 1.807) is 7.11 Å². The molecule has 0 unspecified atom stereocenters. The largest absolute Gasteiger partial charge is 0.481 e. The minimum Gasteiger partial charge on any atom is -0.481 e. The molecule has 0 amide bonds. The molecule has 2 aliphatic heterocycles. The smallest absolute Gasteiger partial charge is 0.212 e. The highest BCUT2D eigenvalue weighted by molar-refractivity contribution is 5.92. The Morgan fingerprint density at radius 3 is 2.64 bits per heavy atom. The van der Waals surface area contributed by atoms with Crippen LogP contribution >= 0.6 is 0 Å². The molecule has 2 fully saturated rings. The van der Waals surface area contributed by atoms with E-state index >= 15 is 0 Å². The number of likely N-dealkylation sites (tertiary alicyclic amines) is 1. The number of anilines is 3. The van der Waals surface area contributed by atoms with Gasteiger partial charge in [-0.1, -0.05) is 18.2 Å². The number of H-pyrrole nitrogens is 1. The van der Waals surface area contributed by atoms with Gasteiger partial charge in [0, 0.05) is 72.9 Å². The standard InChI is InChI=1S/C29H29N9O/c1-18-11-25(36-35-18)33-29-23-5-3-4-6-24(23)32-28(34-29)20-8-9-26(30-14-20)38-17-21-12-22(38)16-37(21)15-19-7-10-27(39-2)31-13-19/h3-11,13-14,21-22H,12,15-17H2,1-2H3,(H2,32,33,34,35,36)/t21-,22-/m1/s1. The fourth-order valence-corrected chi connectivity index (χ4v) is 5.68. The van der Waals surface area contributed by atoms with Gasteiger partial charge in [-0.2, -0.15) is 5.10 Å². The number of fused-ring (bicyclic) bond motifs is 3. The molecule has 2 aliphatic rings. The number of hydrogen-bond acceptors (Lipinski definition) is 9. The number of aryl methyl sites for hydroxylation is 1. The number of hydrogen-bond donors (Lipinski definition) is 2. The Hall–Kier alpha value is -4.57. The number of pyridine rings is 2. The van der Waals surface area contributed by atoms with Crippen molar-refractivity contribution in [1.82, 2.24) is 35.0 Å². The summed E-state index contributed by atoms with van der Waals surface area (Å²) < 4.78 is 5.18. The topological polar surface area (TPSA) is 108 Å². The number of nitrogens with one attached hydrogen (secondary N) is 2. The quantitative estimate of drug-likeness (QED) is 0.325. The molecule has 0 saturated carbocycles. The molecule has 6 heterocycles. The molecule has 2 N–H and O–H groups in total. The third kappa shape index (κ3) is 4.52. The predicted molar refractivity (Wildman–Crippen MR) is 150 cm³/mol. The van der Waals surface area contributed by atoms with E-state index in [0.29, 0.717) is 23.8 Å².